The van der Waals surface area contributed by atoms with Crippen LogP contribution in [0.1, 0.15) is 43.9 Å². The molecule has 0 amide bonds. The van der Waals surface area contributed by atoms with Gasteiger partial charge in [-0.1, -0.05) is 109 Å². The number of likely N-dealkylation sites (N-methyl/N-ethyl adjacent to an activating group) is 2. The first-order chi connectivity index (χ1) is 27.4. The van der Waals surface area contributed by atoms with E-state index in [1.54, 1.807) is 14.2 Å². The van der Waals surface area contributed by atoms with Gasteiger partial charge in [0.1, 0.15) is 23.6 Å². The highest BCUT2D eigenvalue weighted by atomic mass is 16.5. The number of hydrogen-bond donors (Lipinski definition) is 2. The van der Waals surface area contributed by atoms with E-state index in [0.717, 1.165) is 55.8 Å². The second-order valence-corrected chi connectivity index (χ2v) is 13.5. The summed E-state index contributed by atoms with van der Waals surface area (Å²) in [5, 5.41) is 1.87. The van der Waals surface area contributed by atoms with Gasteiger partial charge in [0.25, 0.3) is 0 Å². The predicted octanol–water partition coefficient (Wildman–Crippen LogP) is 10.5. The third-order valence-corrected chi connectivity index (χ3v) is 10.1. The fourth-order valence-electron chi connectivity index (χ4n) is 7.18. The Balaban J connectivity index is 0.000000172. The Kier molecular flexibility index (Phi) is 11.3. The molecule has 0 bridgehead atoms. The Morgan fingerprint density at radius 2 is 0.857 bits per heavy atom. The maximum Gasteiger partial charge on any atom is 0.191 e. The van der Waals surface area contributed by atoms with E-state index < -0.39 is 12.1 Å². The van der Waals surface area contributed by atoms with Gasteiger partial charge in [0.05, 0.1) is 14.2 Å². The molecule has 0 aliphatic heterocycles. The van der Waals surface area contributed by atoms with Crippen LogP contribution >= 0.6 is 0 Å². The highest BCUT2D eigenvalue weighted by molar-refractivity contribution is 6.12. The lowest BCUT2D eigenvalue weighted by molar-refractivity contribution is 0.0953. The third kappa shape index (κ3) is 7.77. The molecule has 8 heteroatoms. The molecule has 2 heterocycles. The minimum atomic E-state index is -0.451. The molecule has 0 saturated heterocycles. The Morgan fingerprint density at radius 3 is 1.25 bits per heavy atom. The number of para-hydroxylation sites is 2. The molecule has 6 aromatic carbocycles. The quantitative estimate of drug-likeness (QED) is 0.121. The van der Waals surface area contributed by atoms with Crippen molar-refractivity contribution < 1.29 is 19.1 Å². The molecule has 2 aromatic heterocycles. The lowest BCUT2D eigenvalue weighted by Gasteiger charge is -2.29. The van der Waals surface area contributed by atoms with E-state index >= 15 is 0 Å². The van der Waals surface area contributed by atoms with Gasteiger partial charge in [0, 0.05) is 82.9 Å². The first kappa shape index (κ1) is 37.3. The number of fused-ring (bicyclic) bond motifs is 2. The summed E-state index contributed by atoms with van der Waals surface area (Å²) in [6.07, 6.45) is 3.62. The van der Waals surface area contributed by atoms with Crippen LogP contribution in [0.15, 0.2) is 170 Å². The Labute approximate surface area is 326 Å². The van der Waals surface area contributed by atoms with E-state index in [1.165, 1.54) is 0 Å². The third-order valence-electron chi connectivity index (χ3n) is 10.1. The maximum absolute atomic E-state index is 13.7. The van der Waals surface area contributed by atoms with Crippen LogP contribution in [-0.2, 0) is 0 Å². The summed E-state index contributed by atoms with van der Waals surface area (Å²) in [7, 11) is 7.17. The van der Waals surface area contributed by atoms with Gasteiger partial charge in [-0.2, -0.15) is 0 Å². The van der Waals surface area contributed by atoms with E-state index in [-0.39, 0.29) is 11.6 Å². The van der Waals surface area contributed by atoms with E-state index in [2.05, 4.69) is 9.97 Å². The standard InChI is InChI=1S/2C24H22N2O2/c2*1-26(18-11-8-12-19(15-18)28-2)23(17-9-4-3-5-10-17)24(27)21-16-25-22-14-7-6-13-20(21)22/h2*3-16,23,25H,1-2H3. The molecule has 0 saturated carbocycles. The Morgan fingerprint density at radius 1 is 0.482 bits per heavy atom. The molecule has 8 rings (SSSR count). The number of nitrogens with zero attached hydrogens (tertiary/aromatic N) is 2. The van der Waals surface area contributed by atoms with Crippen molar-refractivity contribution in [2.24, 2.45) is 0 Å². The van der Waals surface area contributed by atoms with Gasteiger partial charge in [0.15, 0.2) is 11.6 Å². The lowest BCUT2D eigenvalue weighted by Crippen LogP contribution is -2.31. The average Bonchev–Trinajstić information content (AvgIpc) is 3.90. The number of Topliss-reactive ketones (excluding diaryl/α,β-unsaturated/α-hetero) is 2. The molecule has 0 aliphatic rings. The molecule has 56 heavy (non-hydrogen) atoms. The van der Waals surface area contributed by atoms with Gasteiger partial charge in [-0.3, -0.25) is 9.59 Å². The number of hydrogen-bond acceptors (Lipinski definition) is 6. The number of rotatable bonds is 12. The zero-order chi connectivity index (χ0) is 39.0. The molecule has 2 unspecified atom stereocenters. The van der Waals surface area contributed by atoms with Crippen molar-refractivity contribution in [1.82, 2.24) is 9.97 Å². The van der Waals surface area contributed by atoms with Crippen molar-refractivity contribution in [3.05, 3.63) is 192 Å². The molecule has 0 spiro atoms. The fraction of sp³-hybridized carbons (Fsp3) is 0.125. The number of anilines is 2. The van der Waals surface area contributed by atoms with Crippen LogP contribution in [0.4, 0.5) is 11.4 Å². The molecule has 8 aromatic rings. The van der Waals surface area contributed by atoms with E-state index in [0.29, 0.717) is 11.1 Å². The summed E-state index contributed by atoms with van der Waals surface area (Å²) in [4.78, 5) is 37.8. The summed E-state index contributed by atoms with van der Waals surface area (Å²) in [5.41, 5.74) is 7.04. The van der Waals surface area contributed by atoms with Crippen molar-refractivity contribution in [1.29, 1.82) is 0 Å². The highest BCUT2D eigenvalue weighted by Crippen LogP contribution is 2.34. The van der Waals surface area contributed by atoms with Crippen LogP contribution in [0, 0.1) is 0 Å². The summed E-state index contributed by atoms with van der Waals surface area (Å²) in [5.74, 6) is 1.62. The second kappa shape index (κ2) is 17.0. The van der Waals surface area contributed by atoms with Crippen LogP contribution < -0.4 is 19.3 Å². The van der Waals surface area contributed by atoms with Crippen molar-refractivity contribution in [3.63, 3.8) is 0 Å². The summed E-state index contributed by atoms with van der Waals surface area (Å²) < 4.78 is 10.7. The molecule has 2 atom stereocenters. The van der Waals surface area contributed by atoms with Crippen LogP contribution in [0.3, 0.4) is 0 Å². The number of carbonyl (C=O) groups excluding carboxylic acids is 2. The molecule has 280 valence electrons. The van der Waals surface area contributed by atoms with Gasteiger partial charge in [0.2, 0.25) is 0 Å². The number of ether oxygens (including phenoxy) is 2. The fourth-order valence-corrected chi connectivity index (χ4v) is 7.18. The largest absolute Gasteiger partial charge is 0.497 e. The first-order valence-corrected chi connectivity index (χ1v) is 18.4. The van der Waals surface area contributed by atoms with Crippen LogP contribution in [0.5, 0.6) is 11.5 Å². The predicted molar refractivity (Wildman–Crippen MR) is 226 cm³/mol. The molecular weight excluding hydrogens is 697 g/mol. The smallest absolute Gasteiger partial charge is 0.191 e. The van der Waals surface area contributed by atoms with E-state index in [9.17, 15) is 9.59 Å². The summed E-state index contributed by atoms with van der Waals surface area (Å²) in [6, 6.07) is 50.1. The van der Waals surface area contributed by atoms with Crippen LogP contribution in [-0.4, -0.2) is 49.8 Å². The number of aromatic nitrogens is 2. The number of benzene rings is 6. The maximum atomic E-state index is 13.7. The second-order valence-electron chi connectivity index (χ2n) is 13.5. The van der Waals surface area contributed by atoms with Crippen molar-refractivity contribution in [3.8, 4) is 11.5 Å². The summed E-state index contributed by atoms with van der Waals surface area (Å²) in [6.45, 7) is 0. The normalized spacial score (nSPS) is 11.9. The van der Waals surface area contributed by atoms with Crippen molar-refractivity contribution >= 4 is 44.7 Å². The van der Waals surface area contributed by atoms with Crippen LogP contribution in [0.25, 0.3) is 21.8 Å². The van der Waals surface area contributed by atoms with Crippen molar-refractivity contribution in [2.75, 3.05) is 38.1 Å². The van der Waals surface area contributed by atoms with Gasteiger partial charge < -0.3 is 29.2 Å². The molecule has 0 fully saturated rings. The van der Waals surface area contributed by atoms with E-state index in [4.69, 9.17) is 9.47 Å². The van der Waals surface area contributed by atoms with Crippen LogP contribution in [0.2, 0.25) is 0 Å². The number of methoxy groups -OCH3 is 2. The zero-order valence-electron chi connectivity index (χ0n) is 31.8. The minimum absolute atomic E-state index is 0.0500. The molecule has 8 nitrogen and oxygen atoms in total. The monoisotopic (exact) mass is 740 g/mol. The summed E-state index contributed by atoms with van der Waals surface area (Å²) >= 11 is 0. The Bertz CT molecular complexity index is 2380. The number of ketones is 2. The lowest BCUT2D eigenvalue weighted by atomic mass is 9.95. The molecule has 0 aliphatic carbocycles. The number of carbonyl (C=O) groups is 2. The molecule has 0 radical (unpaired) electrons. The SMILES string of the molecule is COc1cccc(N(C)C(C(=O)c2c[nH]c3ccccc23)c2ccccc2)c1.COc1cccc(N(C)C(C(=O)c2c[nH]c3ccccc23)c2ccccc2)c1. The first-order valence-electron chi connectivity index (χ1n) is 18.4. The number of nitrogens with one attached hydrogen (secondary N) is 2. The molecule has 2 N–H and O–H groups in total. The van der Waals surface area contributed by atoms with Gasteiger partial charge in [-0.15, -0.1) is 0 Å². The van der Waals surface area contributed by atoms with Gasteiger partial charge in [-0.05, 0) is 47.5 Å². The minimum Gasteiger partial charge on any atom is -0.497 e. The number of aromatic amines is 2. The van der Waals surface area contributed by atoms with Crippen molar-refractivity contribution in [2.45, 2.75) is 12.1 Å². The topological polar surface area (TPSA) is 90.7 Å². The Hall–Kier alpha value is -7.06. The van der Waals surface area contributed by atoms with Gasteiger partial charge in [-0.25, -0.2) is 0 Å². The van der Waals surface area contributed by atoms with E-state index in [1.807, 2.05) is 194 Å². The highest BCUT2D eigenvalue weighted by Gasteiger charge is 2.30. The zero-order valence-corrected chi connectivity index (χ0v) is 31.8. The molecular formula is C48H44N4O4. The number of H-pyrrole nitrogens is 2. The van der Waals surface area contributed by atoms with Gasteiger partial charge >= 0.3 is 0 Å². The average molecular weight is 741 g/mol.